The van der Waals surface area contributed by atoms with Crippen molar-refractivity contribution in [3.8, 4) is 0 Å². The van der Waals surface area contributed by atoms with E-state index >= 15 is 0 Å². The molecule has 0 bridgehead atoms. The molecule has 0 saturated carbocycles. The summed E-state index contributed by atoms with van der Waals surface area (Å²) in [7, 11) is 0. The van der Waals surface area contributed by atoms with E-state index in [9.17, 15) is 4.79 Å². The number of nitrogens with zero attached hydrogens (tertiary/aromatic N) is 2. The van der Waals surface area contributed by atoms with E-state index in [-0.39, 0.29) is 12.1 Å². The Kier molecular flexibility index (Phi) is 4.59. The number of carbonyl (C=O) groups excluding carboxylic acids is 1. The maximum absolute atomic E-state index is 11.5. The van der Waals surface area contributed by atoms with Crippen molar-refractivity contribution in [2.75, 3.05) is 12.5 Å². The summed E-state index contributed by atoms with van der Waals surface area (Å²) in [5.41, 5.74) is 1.17. The number of carbonyl (C=O) groups is 1. The molecule has 0 unspecified atom stereocenters. The van der Waals surface area contributed by atoms with Crippen molar-refractivity contribution in [3.63, 3.8) is 0 Å². The van der Waals surface area contributed by atoms with E-state index < -0.39 is 0 Å². The van der Waals surface area contributed by atoms with Crippen LogP contribution in [0.15, 0.2) is 35.4 Å². The highest BCUT2D eigenvalue weighted by atomic mass is 35.5. The fraction of sp³-hybridized carbons (Fsp3) is 0.385. The van der Waals surface area contributed by atoms with Gasteiger partial charge in [-0.1, -0.05) is 30.3 Å². The number of hydrazone groups is 1. The number of halogens is 1. The lowest BCUT2D eigenvalue weighted by molar-refractivity contribution is 0.159. The first-order valence-corrected chi connectivity index (χ1v) is 6.43. The molecule has 1 amide bonds. The third-order valence-corrected chi connectivity index (χ3v) is 2.91. The van der Waals surface area contributed by atoms with Crippen molar-refractivity contribution in [2.24, 2.45) is 5.10 Å². The van der Waals surface area contributed by atoms with Crippen LogP contribution in [0.25, 0.3) is 0 Å². The van der Waals surface area contributed by atoms with Crippen LogP contribution >= 0.6 is 11.6 Å². The average molecular weight is 267 g/mol. The smallest absolute Gasteiger partial charge is 0.430 e. The summed E-state index contributed by atoms with van der Waals surface area (Å²) in [6.07, 6.45) is 2.65. The number of hydrogen-bond acceptors (Lipinski definition) is 3. The third-order valence-electron chi connectivity index (χ3n) is 2.69. The van der Waals surface area contributed by atoms with Crippen LogP contribution in [0.2, 0.25) is 0 Å². The predicted molar refractivity (Wildman–Crippen MR) is 71.0 cm³/mol. The van der Waals surface area contributed by atoms with Gasteiger partial charge < -0.3 is 4.74 Å². The van der Waals surface area contributed by atoms with Gasteiger partial charge in [-0.15, -0.1) is 11.6 Å². The normalized spacial score (nSPS) is 19.5. The van der Waals surface area contributed by atoms with Crippen molar-refractivity contribution in [1.29, 1.82) is 0 Å². The van der Waals surface area contributed by atoms with Gasteiger partial charge in [-0.05, 0) is 18.4 Å². The van der Waals surface area contributed by atoms with Crippen LogP contribution in [0.5, 0.6) is 0 Å². The molecule has 2 rings (SSSR count). The molecule has 1 aromatic rings. The summed E-state index contributed by atoms with van der Waals surface area (Å²) >= 11 is 5.56. The first-order chi connectivity index (χ1) is 8.81. The van der Waals surface area contributed by atoms with Gasteiger partial charge >= 0.3 is 6.09 Å². The Labute approximate surface area is 111 Å². The largest absolute Gasteiger partial charge is 0.446 e. The number of ether oxygens (including phenoxy) is 1. The summed E-state index contributed by atoms with van der Waals surface area (Å²) in [5, 5.41) is 5.52. The van der Waals surface area contributed by atoms with Gasteiger partial charge in [-0.3, -0.25) is 0 Å². The minimum Gasteiger partial charge on any atom is -0.446 e. The summed E-state index contributed by atoms with van der Waals surface area (Å²) in [6, 6.07) is 9.96. The van der Waals surface area contributed by atoms with Crippen LogP contribution in [-0.2, 0) is 11.2 Å². The minimum atomic E-state index is -0.387. The lowest BCUT2D eigenvalue weighted by atomic mass is 10.1. The first-order valence-electron chi connectivity index (χ1n) is 5.89. The molecule has 1 heterocycles. The molecule has 4 nitrogen and oxygen atoms in total. The second kappa shape index (κ2) is 6.40. The van der Waals surface area contributed by atoms with Gasteiger partial charge in [0, 0.05) is 12.1 Å². The molecular formula is C13H15ClN2O2. The molecule has 1 aliphatic rings. The van der Waals surface area contributed by atoms with Gasteiger partial charge in [0.2, 0.25) is 0 Å². The lowest BCUT2D eigenvalue weighted by Crippen LogP contribution is -2.30. The zero-order valence-electron chi connectivity index (χ0n) is 9.96. The highest BCUT2D eigenvalue weighted by Crippen LogP contribution is 2.17. The fourth-order valence-corrected chi connectivity index (χ4v) is 1.92. The van der Waals surface area contributed by atoms with E-state index in [1.54, 1.807) is 6.21 Å². The molecule has 0 aromatic heterocycles. The first kappa shape index (κ1) is 12.9. The minimum absolute atomic E-state index is 0.0357. The van der Waals surface area contributed by atoms with Crippen LogP contribution in [0, 0.1) is 0 Å². The molecule has 0 N–H and O–H groups in total. The zero-order valence-corrected chi connectivity index (χ0v) is 10.7. The molecule has 1 aromatic carbocycles. The SMILES string of the molecule is O=C1OC[C@H](Cc2ccccc2)N1/N=C/CCCl. The van der Waals surface area contributed by atoms with Crippen molar-refractivity contribution < 1.29 is 9.53 Å². The highest BCUT2D eigenvalue weighted by Gasteiger charge is 2.32. The molecule has 96 valence electrons. The zero-order chi connectivity index (χ0) is 12.8. The number of amides is 1. The predicted octanol–water partition coefficient (Wildman–Crippen LogP) is 2.66. The van der Waals surface area contributed by atoms with Crippen molar-refractivity contribution >= 4 is 23.9 Å². The lowest BCUT2D eigenvalue weighted by Gasteiger charge is -2.15. The Balaban J connectivity index is 2.00. The van der Waals surface area contributed by atoms with Crippen LogP contribution in [0.1, 0.15) is 12.0 Å². The Morgan fingerprint density at radius 2 is 2.22 bits per heavy atom. The van der Waals surface area contributed by atoms with E-state index in [4.69, 9.17) is 16.3 Å². The summed E-state index contributed by atoms with van der Waals surface area (Å²) in [4.78, 5) is 11.5. The highest BCUT2D eigenvalue weighted by molar-refractivity contribution is 6.18. The monoisotopic (exact) mass is 266 g/mol. The molecule has 0 aliphatic carbocycles. The van der Waals surface area contributed by atoms with Gasteiger partial charge in [0.15, 0.2) is 0 Å². The topological polar surface area (TPSA) is 41.9 Å². The summed E-state index contributed by atoms with van der Waals surface area (Å²) < 4.78 is 5.02. The number of alkyl halides is 1. The number of benzene rings is 1. The Hall–Kier alpha value is -1.55. The standard InChI is InChI=1S/C13H15ClN2O2/c14-7-4-8-15-16-12(10-18-13(16)17)9-11-5-2-1-3-6-11/h1-3,5-6,8,12H,4,7,9-10H2/b15-8+/t12-/m0/s1. The van der Waals surface area contributed by atoms with Gasteiger partial charge in [-0.25, -0.2) is 4.79 Å². The van der Waals surface area contributed by atoms with E-state index in [2.05, 4.69) is 5.10 Å². The number of hydrogen-bond donors (Lipinski definition) is 0. The Morgan fingerprint density at radius 1 is 1.44 bits per heavy atom. The van der Waals surface area contributed by atoms with Crippen molar-refractivity contribution in [1.82, 2.24) is 5.01 Å². The number of cyclic esters (lactones) is 1. The molecule has 0 radical (unpaired) electrons. The van der Waals surface area contributed by atoms with Gasteiger partial charge in [-0.2, -0.15) is 10.1 Å². The molecule has 1 atom stereocenters. The van der Waals surface area contributed by atoms with Gasteiger partial charge in [0.05, 0.1) is 6.04 Å². The van der Waals surface area contributed by atoms with Gasteiger partial charge in [0.1, 0.15) is 6.61 Å². The summed E-state index contributed by atoms with van der Waals surface area (Å²) in [5.74, 6) is 0.496. The van der Waals surface area contributed by atoms with E-state index in [1.165, 1.54) is 10.6 Å². The van der Waals surface area contributed by atoms with E-state index in [0.29, 0.717) is 18.9 Å². The second-order valence-corrected chi connectivity index (χ2v) is 4.42. The molecule has 18 heavy (non-hydrogen) atoms. The van der Waals surface area contributed by atoms with E-state index in [0.717, 1.165) is 6.42 Å². The quantitative estimate of drug-likeness (QED) is 0.607. The van der Waals surface area contributed by atoms with Gasteiger partial charge in [0.25, 0.3) is 0 Å². The van der Waals surface area contributed by atoms with Crippen LogP contribution in [0.3, 0.4) is 0 Å². The van der Waals surface area contributed by atoms with Crippen LogP contribution in [0.4, 0.5) is 4.79 Å². The van der Waals surface area contributed by atoms with Crippen LogP contribution < -0.4 is 0 Å². The average Bonchev–Trinajstić information content (AvgIpc) is 2.73. The molecule has 1 fully saturated rings. The third kappa shape index (κ3) is 3.23. The molecule has 0 spiro atoms. The Bertz CT molecular complexity index is 422. The maximum atomic E-state index is 11.5. The maximum Gasteiger partial charge on any atom is 0.430 e. The molecule has 5 heteroatoms. The second-order valence-electron chi connectivity index (χ2n) is 4.04. The number of rotatable bonds is 5. The summed E-state index contributed by atoms with van der Waals surface area (Å²) in [6.45, 7) is 0.381. The van der Waals surface area contributed by atoms with Crippen molar-refractivity contribution in [2.45, 2.75) is 18.9 Å². The molecule has 1 aliphatic heterocycles. The van der Waals surface area contributed by atoms with Crippen molar-refractivity contribution in [3.05, 3.63) is 35.9 Å². The van der Waals surface area contributed by atoms with Crippen LogP contribution in [-0.4, -0.2) is 35.8 Å². The molecule has 1 saturated heterocycles. The Morgan fingerprint density at radius 3 is 2.94 bits per heavy atom. The van der Waals surface area contributed by atoms with E-state index in [1.807, 2.05) is 30.3 Å². The molecular weight excluding hydrogens is 252 g/mol. The fourth-order valence-electron chi connectivity index (χ4n) is 1.82.